The van der Waals surface area contributed by atoms with Gasteiger partial charge in [0.25, 0.3) is 0 Å². The standard InChI is InChI=1S/C13H15NO2/c1-9-6-10(12(15)16)2-3-11(9)14-7-13(8-14)4-5-13/h2-3,6H,4-5,7-8H2,1H3,(H,15,16). The Labute approximate surface area is 94.7 Å². The topological polar surface area (TPSA) is 40.5 Å². The fraction of sp³-hybridized carbons (Fsp3) is 0.462. The molecular formula is C13H15NO2. The van der Waals surface area contributed by atoms with Gasteiger partial charge in [0.15, 0.2) is 0 Å². The second-order valence-corrected chi connectivity index (χ2v) is 5.16. The Morgan fingerprint density at radius 1 is 1.38 bits per heavy atom. The molecule has 1 heterocycles. The van der Waals surface area contributed by atoms with Crippen LogP contribution in [0.2, 0.25) is 0 Å². The van der Waals surface area contributed by atoms with Gasteiger partial charge in [-0.2, -0.15) is 0 Å². The van der Waals surface area contributed by atoms with Crippen LogP contribution in [0.4, 0.5) is 5.69 Å². The van der Waals surface area contributed by atoms with Crippen LogP contribution in [0.1, 0.15) is 28.8 Å². The number of carboxylic acid groups (broad SMARTS) is 1. The summed E-state index contributed by atoms with van der Waals surface area (Å²) in [5, 5.41) is 8.89. The first kappa shape index (κ1) is 9.70. The summed E-state index contributed by atoms with van der Waals surface area (Å²) < 4.78 is 0. The van der Waals surface area contributed by atoms with E-state index in [1.165, 1.54) is 18.5 Å². The molecule has 2 aliphatic rings. The molecule has 16 heavy (non-hydrogen) atoms. The van der Waals surface area contributed by atoms with Crippen molar-refractivity contribution in [3.63, 3.8) is 0 Å². The minimum atomic E-state index is -0.850. The average molecular weight is 217 g/mol. The van der Waals surface area contributed by atoms with Crippen molar-refractivity contribution in [3.8, 4) is 0 Å². The second kappa shape index (κ2) is 3.00. The number of aryl methyl sites for hydroxylation is 1. The first-order valence-corrected chi connectivity index (χ1v) is 5.69. The molecular weight excluding hydrogens is 202 g/mol. The quantitative estimate of drug-likeness (QED) is 0.826. The molecule has 0 aromatic heterocycles. The van der Waals surface area contributed by atoms with E-state index in [9.17, 15) is 4.79 Å². The van der Waals surface area contributed by atoms with Gasteiger partial charge in [-0.1, -0.05) is 0 Å². The first-order valence-electron chi connectivity index (χ1n) is 5.69. The van der Waals surface area contributed by atoms with Crippen LogP contribution in [0.3, 0.4) is 0 Å². The molecule has 1 aliphatic heterocycles. The van der Waals surface area contributed by atoms with Crippen molar-refractivity contribution in [1.82, 2.24) is 0 Å². The largest absolute Gasteiger partial charge is 0.478 e. The summed E-state index contributed by atoms with van der Waals surface area (Å²) in [6.45, 7) is 4.29. The zero-order valence-electron chi connectivity index (χ0n) is 9.36. The Kier molecular flexibility index (Phi) is 1.82. The monoisotopic (exact) mass is 217 g/mol. The minimum absolute atomic E-state index is 0.378. The molecule has 3 rings (SSSR count). The molecule has 1 spiro atoms. The lowest BCUT2D eigenvalue weighted by molar-refractivity contribution is 0.0697. The second-order valence-electron chi connectivity index (χ2n) is 5.16. The van der Waals surface area contributed by atoms with Crippen molar-refractivity contribution in [1.29, 1.82) is 0 Å². The molecule has 0 bridgehead atoms. The zero-order chi connectivity index (χ0) is 11.3. The maximum absolute atomic E-state index is 10.8. The molecule has 1 aromatic carbocycles. The van der Waals surface area contributed by atoms with Gasteiger partial charge in [-0.25, -0.2) is 4.79 Å². The van der Waals surface area contributed by atoms with Gasteiger partial charge >= 0.3 is 5.97 Å². The van der Waals surface area contributed by atoms with Gasteiger partial charge < -0.3 is 10.0 Å². The number of carboxylic acids is 1. The molecule has 0 radical (unpaired) electrons. The Hall–Kier alpha value is -1.51. The van der Waals surface area contributed by atoms with Gasteiger partial charge in [0.2, 0.25) is 0 Å². The van der Waals surface area contributed by atoms with E-state index in [1.54, 1.807) is 12.1 Å². The normalized spacial score (nSPS) is 20.7. The molecule has 1 saturated carbocycles. The summed E-state index contributed by atoms with van der Waals surface area (Å²) in [6.07, 6.45) is 2.74. The molecule has 1 aromatic rings. The highest BCUT2D eigenvalue weighted by Gasteiger charge is 2.52. The molecule has 0 amide bonds. The number of hydrogen-bond acceptors (Lipinski definition) is 2. The van der Waals surface area contributed by atoms with E-state index >= 15 is 0 Å². The van der Waals surface area contributed by atoms with Crippen molar-refractivity contribution in [2.45, 2.75) is 19.8 Å². The van der Waals surface area contributed by atoms with Crippen LogP contribution >= 0.6 is 0 Å². The smallest absolute Gasteiger partial charge is 0.335 e. The maximum atomic E-state index is 10.8. The SMILES string of the molecule is Cc1cc(C(=O)O)ccc1N1CC2(CC2)C1. The van der Waals surface area contributed by atoms with Crippen molar-refractivity contribution >= 4 is 11.7 Å². The summed E-state index contributed by atoms with van der Waals surface area (Å²) in [4.78, 5) is 13.2. The molecule has 3 nitrogen and oxygen atoms in total. The Morgan fingerprint density at radius 3 is 2.56 bits per heavy atom. The number of anilines is 1. The molecule has 3 heteroatoms. The van der Waals surface area contributed by atoms with Crippen LogP contribution in [-0.2, 0) is 0 Å². The molecule has 1 N–H and O–H groups in total. The number of nitrogens with zero attached hydrogens (tertiary/aromatic N) is 1. The predicted molar refractivity (Wildman–Crippen MR) is 62.0 cm³/mol. The van der Waals surface area contributed by atoms with Gasteiger partial charge in [-0.15, -0.1) is 0 Å². The number of aromatic carboxylic acids is 1. The number of rotatable bonds is 2. The van der Waals surface area contributed by atoms with E-state index in [-0.39, 0.29) is 0 Å². The fourth-order valence-electron chi connectivity index (χ4n) is 2.57. The highest BCUT2D eigenvalue weighted by molar-refractivity contribution is 5.88. The molecule has 1 aliphatic carbocycles. The Balaban J connectivity index is 1.83. The number of carbonyl (C=O) groups is 1. The highest BCUT2D eigenvalue weighted by atomic mass is 16.4. The van der Waals surface area contributed by atoms with E-state index < -0.39 is 5.97 Å². The van der Waals surface area contributed by atoms with Gasteiger partial charge in [-0.05, 0) is 43.5 Å². The summed E-state index contributed by atoms with van der Waals surface area (Å²) in [6, 6.07) is 5.39. The molecule has 84 valence electrons. The average Bonchev–Trinajstić information content (AvgIpc) is 2.95. The van der Waals surface area contributed by atoms with Gasteiger partial charge in [0.1, 0.15) is 0 Å². The third-order valence-corrected chi connectivity index (χ3v) is 3.79. The van der Waals surface area contributed by atoms with Gasteiger partial charge in [-0.3, -0.25) is 0 Å². The lowest BCUT2D eigenvalue weighted by Crippen LogP contribution is -2.48. The van der Waals surface area contributed by atoms with Crippen molar-refractivity contribution in [2.24, 2.45) is 5.41 Å². The lowest BCUT2D eigenvalue weighted by atomic mass is 9.94. The molecule has 0 atom stereocenters. The van der Waals surface area contributed by atoms with Crippen molar-refractivity contribution < 1.29 is 9.90 Å². The van der Waals surface area contributed by atoms with Crippen LogP contribution < -0.4 is 4.90 Å². The van der Waals surface area contributed by atoms with Crippen LogP contribution in [-0.4, -0.2) is 24.2 Å². The van der Waals surface area contributed by atoms with E-state index in [4.69, 9.17) is 5.11 Å². The van der Waals surface area contributed by atoms with E-state index in [0.717, 1.165) is 18.7 Å². The van der Waals surface area contributed by atoms with Crippen LogP contribution in [0.5, 0.6) is 0 Å². The minimum Gasteiger partial charge on any atom is -0.478 e. The highest BCUT2D eigenvalue weighted by Crippen LogP contribution is 2.54. The van der Waals surface area contributed by atoms with Crippen LogP contribution in [0.25, 0.3) is 0 Å². The third kappa shape index (κ3) is 1.39. The van der Waals surface area contributed by atoms with Crippen molar-refractivity contribution in [2.75, 3.05) is 18.0 Å². The summed E-state index contributed by atoms with van der Waals surface area (Å²) >= 11 is 0. The van der Waals surface area contributed by atoms with E-state index in [2.05, 4.69) is 4.90 Å². The van der Waals surface area contributed by atoms with Crippen LogP contribution in [0, 0.1) is 12.3 Å². The Bertz CT molecular complexity index is 455. The maximum Gasteiger partial charge on any atom is 0.335 e. The third-order valence-electron chi connectivity index (χ3n) is 3.79. The molecule has 1 saturated heterocycles. The summed E-state index contributed by atoms with van der Waals surface area (Å²) in [5.41, 5.74) is 3.28. The summed E-state index contributed by atoms with van der Waals surface area (Å²) in [5.74, 6) is -0.850. The zero-order valence-corrected chi connectivity index (χ0v) is 9.36. The van der Waals surface area contributed by atoms with Gasteiger partial charge in [0.05, 0.1) is 5.56 Å². The Morgan fingerprint density at radius 2 is 2.06 bits per heavy atom. The van der Waals surface area contributed by atoms with E-state index in [0.29, 0.717) is 11.0 Å². The summed E-state index contributed by atoms with van der Waals surface area (Å²) in [7, 11) is 0. The van der Waals surface area contributed by atoms with Crippen LogP contribution in [0.15, 0.2) is 18.2 Å². The number of hydrogen-bond donors (Lipinski definition) is 1. The predicted octanol–water partition coefficient (Wildman–Crippen LogP) is 2.29. The fourth-order valence-corrected chi connectivity index (χ4v) is 2.57. The van der Waals surface area contributed by atoms with E-state index in [1.807, 2.05) is 13.0 Å². The van der Waals surface area contributed by atoms with Crippen molar-refractivity contribution in [3.05, 3.63) is 29.3 Å². The molecule has 0 unspecified atom stereocenters. The first-order chi connectivity index (χ1) is 7.60. The number of benzene rings is 1. The molecule has 2 fully saturated rings. The lowest BCUT2D eigenvalue weighted by Gasteiger charge is -2.42. The van der Waals surface area contributed by atoms with Gasteiger partial charge in [0, 0.05) is 24.2 Å².